The smallest absolute Gasteiger partial charge is 0.242 e. The fraction of sp³-hybridized carbons (Fsp3) is 0.357. The molecule has 1 N–H and O–H groups in total. The fourth-order valence-corrected chi connectivity index (χ4v) is 2.88. The molecule has 0 spiro atoms. The van der Waals surface area contributed by atoms with Gasteiger partial charge in [0.2, 0.25) is 10.0 Å². The summed E-state index contributed by atoms with van der Waals surface area (Å²) in [7, 11) is -0.325. The van der Waals surface area contributed by atoms with Crippen molar-refractivity contribution in [2.24, 2.45) is 0 Å². The minimum absolute atomic E-state index is 0.204. The van der Waals surface area contributed by atoms with E-state index in [9.17, 15) is 8.42 Å². The molecule has 0 amide bonds. The zero-order valence-electron chi connectivity index (χ0n) is 12.4. The Kier molecular flexibility index (Phi) is 4.64. The number of hydrogen-bond acceptors (Lipinski definition) is 4. The third-order valence-corrected chi connectivity index (χ3v) is 4.92. The number of sulfonamides is 1. The zero-order valence-corrected chi connectivity index (χ0v) is 13.2. The molecular weight excluding hydrogens is 288 g/mol. The summed E-state index contributed by atoms with van der Waals surface area (Å²) in [6.45, 7) is 2.85. The Hall–Kier alpha value is -1.86. The Morgan fingerprint density at radius 2 is 1.95 bits per heavy atom. The molecule has 0 aliphatic carbocycles. The van der Waals surface area contributed by atoms with Crippen molar-refractivity contribution in [1.29, 1.82) is 0 Å². The zero-order chi connectivity index (χ0) is 15.5. The van der Waals surface area contributed by atoms with E-state index < -0.39 is 10.0 Å². The molecule has 1 aromatic carbocycles. The average molecular weight is 308 g/mol. The third-order valence-electron chi connectivity index (χ3n) is 3.09. The number of anilines is 1. The predicted octanol–water partition coefficient (Wildman–Crippen LogP) is 1.63. The molecule has 2 aromatic rings. The Morgan fingerprint density at radius 1 is 1.29 bits per heavy atom. The van der Waals surface area contributed by atoms with Crippen molar-refractivity contribution < 1.29 is 8.42 Å². The molecule has 114 valence electrons. The molecule has 7 heteroatoms. The van der Waals surface area contributed by atoms with Gasteiger partial charge in [-0.2, -0.15) is 0 Å². The highest BCUT2D eigenvalue weighted by atomic mass is 32.2. The van der Waals surface area contributed by atoms with Crippen LogP contribution in [0.5, 0.6) is 0 Å². The lowest BCUT2D eigenvalue weighted by Crippen LogP contribution is -2.23. The van der Waals surface area contributed by atoms with Gasteiger partial charge in [-0.25, -0.2) is 17.7 Å². The molecule has 0 fully saturated rings. The first-order valence-corrected chi connectivity index (χ1v) is 8.08. The third kappa shape index (κ3) is 3.83. The van der Waals surface area contributed by atoms with E-state index in [0.717, 1.165) is 12.2 Å². The molecule has 0 saturated carbocycles. The summed E-state index contributed by atoms with van der Waals surface area (Å²) in [5, 5.41) is 3.33. The topological polar surface area (TPSA) is 67.2 Å². The summed E-state index contributed by atoms with van der Waals surface area (Å²) >= 11 is 0. The van der Waals surface area contributed by atoms with Crippen molar-refractivity contribution >= 4 is 15.7 Å². The molecule has 0 aliphatic rings. The number of hydrogen-bond donors (Lipinski definition) is 1. The summed E-state index contributed by atoms with van der Waals surface area (Å²) < 4.78 is 27.1. The van der Waals surface area contributed by atoms with Crippen LogP contribution in [0.2, 0.25) is 0 Å². The van der Waals surface area contributed by atoms with E-state index in [0.29, 0.717) is 4.90 Å². The highest BCUT2D eigenvalue weighted by Gasteiger charge is 2.16. The van der Waals surface area contributed by atoms with E-state index in [1.165, 1.54) is 18.4 Å². The molecule has 0 radical (unpaired) electrons. The van der Waals surface area contributed by atoms with Gasteiger partial charge in [0.1, 0.15) is 0 Å². The van der Waals surface area contributed by atoms with Gasteiger partial charge in [-0.05, 0) is 31.2 Å². The Balaban J connectivity index is 2.03. The minimum Gasteiger partial charge on any atom is -0.381 e. The fourth-order valence-electron chi connectivity index (χ4n) is 1.98. The summed E-state index contributed by atoms with van der Waals surface area (Å²) in [5.74, 6) is 0. The van der Waals surface area contributed by atoms with E-state index in [1.54, 1.807) is 36.8 Å². The SMILES string of the molecule is CC(Cn1ccnc1)Nc1ccc(S(=O)(=O)N(C)C)cc1. The number of nitrogens with one attached hydrogen (secondary N) is 1. The van der Waals surface area contributed by atoms with Crippen molar-refractivity contribution in [3.05, 3.63) is 43.0 Å². The maximum absolute atomic E-state index is 12.0. The molecule has 1 heterocycles. The van der Waals surface area contributed by atoms with E-state index in [-0.39, 0.29) is 6.04 Å². The van der Waals surface area contributed by atoms with Crippen molar-refractivity contribution in [2.75, 3.05) is 19.4 Å². The largest absolute Gasteiger partial charge is 0.381 e. The van der Waals surface area contributed by atoms with Crippen molar-refractivity contribution in [3.8, 4) is 0 Å². The lowest BCUT2D eigenvalue weighted by Gasteiger charge is -2.16. The van der Waals surface area contributed by atoms with Gasteiger partial charge in [0.05, 0.1) is 11.2 Å². The molecule has 6 nitrogen and oxygen atoms in total. The maximum atomic E-state index is 12.0. The van der Waals surface area contributed by atoms with Gasteiger partial charge in [-0.1, -0.05) is 0 Å². The van der Waals surface area contributed by atoms with Crippen LogP contribution in [0.4, 0.5) is 5.69 Å². The van der Waals surface area contributed by atoms with Crippen molar-refractivity contribution in [1.82, 2.24) is 13.9 Å². The second-order valence-electron chi connectivity index (χ2n) is 5.12. The van der Waals surface area contributed by atoms with Crippen LogP contribution in [0.1, 0.15) is 6.92 Å². The molecule has 1 aromatic heterocycles. The molecule has 1 atom stereocenters. The van der Waals surface area contributed by atoms with Gasteiger partial charge in [-0.15, -0.1) is 0 Å². The van der Waals surface area contributed by atoms with Gasteiger partial charge in [-0.3, -0.25) is 0 Å². The molecule has 0 bridgehead atoms. The molecule has 21 heavy (non-hydrogen) atoms. The lowest BCUT2D eigenvalue weighted by atomic mass is 10.2. The first-order valence-electron chi connectivity index (χ1n) is 6.64. The summed E-state index contributed by atoms with van der Waals surface area (Å²) in [5.41, 5.74) is 0.889. The number of rotatable bonds is 6. The summed E-state index contributed by atoms with van der Waals surface area (Å²) in [4.78, 5) is 4.29. The Morgan fingerprint density at radius 3 is 2.48 bits per heavy atom. The number of imidazole rings is 1. The molecule has 0 saturated heterocycles. The first kappa shape index (κ1) is 15.5. The normalized spacial score (nSPS) is 13.3. The monoisotopic (exact) mass is 308 g/mol. The minimum atomic E-state index is -3.37. The Bertz CT molecular complexity index is 664. The van der Waals surface area contributed by atoms with Gasteiger partial charge in [0.25, 0.3) is 0 Å². The van der Waals surface area contributed by atoms with Crippen LogP contribution in [-0.2, 0) is 16.6 Å². The van der Waals surface area contributed by atoms with E-state index in [1.807, 2.05) is 10.8 Å². The van der Waals surface area contributed by atoms with E-state index in [4.69, 9.17) is 0 Å². The molecular formula is C14H20N4O2S. The van der Waals surface area contributed by atoms with E-state index in [2.05, 4.69) is 17.2 Å². The standard InChI is InChI=1S/C14H20N4O2S/c1-12(10-18-9-8-15-11-18)16-13-4-6-14(7-5-13)21(19,20)17(2)3/h4-9,11-12,16H,10H2,1-3H3. The van der Waals surface area contributed by atoms with Gasteiger partial charge in [0, 0.05) is 44.8 Å². The summed E-state index contributed by atoms with van der Waals surface area (Å²) in [6, 6.07) is 6.99. The quantitative estimate of drug-likeness (QED) is 0.881. The van der Waals surface area contributed by atoms with Crippen LogP contribution in [0.25, 0.3) is 0 Å². The second-order valence-corrected chi connectivity index (χ2v) is 7.27. The summed E-state index contributed by atoms with van der Waals surface area (Å²) in [6.07, 6.45) is 5.42. The van der Waals surface area contributed by atoms with Crippen LogP contribution in [0.3, 0.4) is 0 Å². The van der Waals surface area contributed by atoms with Gasteiger partial charge in [0.15, 0.2) is 0 Å². The van der Waals surface area contributed by atoms with Gasteiger partial charge >= 0.3 is 0 Å². The number of aromatic nitrogens is 2. The number of benzene rings is 1. The van der Waals surface area contributed by atoms with Crippen molar-refractivity contribution in [2.45, 2.75) is 24.4 Å². The maximum Gasteiger partial charge on any atom is 0.242 e. The van der Waals surface area contributed by atoms with E-state index >= 15 is 0 Å². The van der Waals surface area contributed by atoms with Crippen LogP contribution in [0, 0.1) is 0 Å². The van der Waals surface area contributed by atoms with Crippen molar-refractivity contribution in [3.63, 3.8) is 0 Å². The number of nitrogens with zero attached hydrogens (tertiary/aromatic N) is 3. The highest BCUT2D eigenvalue weighted by Crippen LogP contribution is 2.17. The second kappa shape index (κ2) is 6.28. The molecule has 2 rings (SSSR count). The first-order chi connectivity index (χ1) is 9.89. The van der Waals surface area contributed by atoms with Gasteiger partial charge < -0.3 is 9.88 Å². The van der Waals surface area contributed by atoms with Crippen LogP contribution < -0.4 is 5.32 Å². The van der Waals surface area contributed by atoms with Crippen LogP contribution in [0.15, 0.2) is 47.9 Å². The average Bonchev–Trinajstić information content (AvgIpc) is 2.91. The Labute approximate surface area is 125 Å². The lowest BCUT2D eigenvalue weighted by molar-refractivity contribution is 0.521. The molecule has 1 unspecified atom stereocenters. The van der Waals surface area contributed by atoms with Crippen LogP contribution in [-0.4, -0.2) is 42.4 Å². The highest BCUT2D eigenvalue weighted by molar-refractivity contribution is 7.89. The predicted molar refractivity (Wildman–Crippen MR) is 82.6 cm³/mol. The van der Waals surface area contributed by atoms with Crippen LogP contribution >= 0.6 is 0 Å². The molecule has 0 aliphatic heterocycles.